The molecule has 1 unspecified atom stereocenters. The van der Waals surface area contributed by atoms with Crippen molar-refractivity contribution in [1.29, 1.82) is 0 Å². The Morgan fingerprint density at radius 1 is 1.26 bits per heavy atom. The highest BCUT2D eigenvalue weighted by Crippen LogP contribution is 2.31. The number of anilines is 1. The summed E-state index contributed by atoms with van der Waals surface area (Å²) in [7, 11) is 0. The van der Waals surface area contributed by atoms with Crippen LogP contribution in [0.4, 0.5) is 13.9 Å². The van der Waals surface area contributed by atoms with Crippen molar-refractivity contribution in [2.24, 2.45) is 0 Å². The van der Waals surface area contributed by atoms with Gasteiger partial charge in [0, 0.05) is 36.3 Å². The molecule has 4 rings (SSSR count). The van der Waals surface area contributed by atoms with Crippen molar-refractivity contribution in [2.45, 2.75) is 12.0 Å². The third-order valence-electron chi connectivity index (χ3n) is 4.26. The summed E-state index contributed by atoms with van der Waals surface area (Å²) in [6.45, 7) is 3.94. The molecule has 2 aliphatic rings. The van der Waals surface area contributed by atoms with Crippen molar-refractivity contribution in [2.75, 3.05) is 37.7 Å². The molecule has 1 aromatic carbocycles. The summed E-state index contributed by atoms with van der Waals surface area (Å²) in [6.07, 6.45) is 0.976. The highest BCUT2D eigenvalue weighted by atomic mass is 32.1. The fraction of sp³-hybridized carbons (Fsp3) is 0.467. The first-order valence-electron chi connectivity index (χ1n) is 7.53. The first kappa shape index (κ1) is 14.9. The topological polar surface area (TPSA) is 50.3 Å². The van der Waals surface area contributed by atoms with E-state index in [1.54, 1.807) is 0 Å². The molecule has 0 amide bonds. The Morgan fingerprint density at radius 3 is 2.83 bits per heavy atom. The van der Waals surface area contributed by atoms with E-state index in [1.807, 2.05) is 0 Å². The molecule has 1 atom stereocenters. The lowest BCUT2D eigenvalue weighted by Gasteiger charge is -2.39. The highest BCUT2D eigenvalue weighted by Gasteiger charge is 2.40. The van der Waals surface area contributed by atoms with E-state index in [9.17, 15) is 8.78 Å². The first-order valence-corrected chi connectivity index (χ1v) is 8.31. The minimum atomic E-state index is -0.626. The fourth-order valence-electron chi connectivity index (χ4n) is 3.13. The van der Waals surface area contributed by atoms with Crippen molar-refractivity contribution in [3.05, 3.63) is 29.8 Å². The lowest BCUT2D eigenvalue weighted by molar-refractivity contribution is -0.0403. The summed E-state index contributed by atoms with van der Waals surface area (Å²) in [6, 6.07) is 3.34. The summed E-state index contributed by atoms with van der Waals surface area (Å²) in [5.41, 5.74) is 0.199. The Labute approximate surface area is 136 Å². The van der Waals surface area contributed by atoms with Crippen LogP contribution in [0.15, 0.2) is 18.2 Å². The third-order valence-corrected chi connectivity index (χ3v) is 5.04. The third kappa shape index (κ3) is 2.93. The second-order valence-corrected chi connectivity index (χ2v) is 6.67. The van der Waals surface area contributed by atoms with Crippen LogP contribution in [0.1, 0.15) is 6.42 Å². The standard InChI is InChI=1S/C15H16F2N4OS/c16-11-5-10(6-12(17)7-11)13-19-14(23-20-13)21-3-4-22-15(9-21)1-2-18-8-15/h5-7,18H,1-4,8-9H2. The normalized spacial score (nSPS) is 24.5. The summed E-state index contributed by atoms with van der Waals surface area (Å²) in [5, 5.41) is 4.09. The van der Waals surface area contributed by atoms with Gasteiger partial charge in [-0.3, -0.25) is 0 Å². The summed E-state index contributed by atoms with van der Waals surface area (Å²) < 4.78 is 36.9. The van der Waals surface area contributed by atoms with Gasteiger partial charge in [0.1, 0.15) is 11.6 Å². The molecule has 5 nitrogen and oxygen atoms in total. The van der Waals surface area contributed by atoms with E-state index >= 15 is 0 Å². The number of halogens is 2. The minimum absolute atomic E-state index is 0.158. The van der Waals surface area contributed by atoms with Gasteiger partial charge in [-0.25, -0.2) is 8.78 Å². The number of ether oxygens (including phenoxy) is 1. The molecule has 1 aromatic heterocycles. The maximum atomic E-state index is 13.3. The number of hydrogen-bond donors (Lipinski definition) is 1. The number of aromatic nitrogens is 2. The van der Waals surface area contributed by atoms with Crippen LogP contribution >= 0.6 is 11.5 Å². The van der Waals surface area contributed by atoms with E-state index in [0.717, 1.165) is 43.8 Å². The van der Waals surface area contributed by atoms with E-state index in [0.29, 0.717) is 18.0 Å². The van der Waals surface area contributed by atoms with Gasteiger partial charge >= 0.3 is 0 Å². The van der Waals surface area contributed by atoms with E-state index < -0.39 is 11.6 Å². The molecule has 122 valence electrons. The van der Waals surface area contributed by atoms with Gasteiger partial charge in [-0.1, -0.05) is 0 Å². The molecule has 23 heavy (non-hydrogen) atoms. The molecule has 2 aromatic rings. The smallest absolute Gasteiger partial charge is 0.205 e. The predicted octanol–water partition coefficient (Wildman–Crippen LogP) is 2.05. The predicted molar refractivity (Wildman–Crippen MR) is 83.6 cm³/mol. The highest BCUT2D eigenvalue weighted by molar-refractivity contribution is 7.09. The van der Waals surface area contributed by atoms with Crippen LogP contribution in [0.25, 0.3) is 11.4 Å². The van der Waals surface area contributed by atoms with Gasteiger partial charge in [-0.2, -0.15) is 9.36 Å². The summed E-state index contributed by atoms with van der Waals surface area (Å²) in [4.78, 5) is 6.61. The van der Waals surface area contributed by atoms with Gasteiger partial charge in [0.2, 0.25) is 5.13 Å². The molecule has 0 saturated carbocycles. The fourth-order valence-corrected chi connectivity index (χ4v) is 3.84. The van der Waals surface area contributed by atoms with Crippen molar-refractivity contribution < 1.29 is 13.5 Å². The lowest BCUT2D eigenvalue weighted by atomic mass is 10.0. The molecule has 2 fully saturated rings. The average Bonchev–Trinajstić information content (AvgIpc) is 3.16. The first-order chi connectivity index (χ1) is 11.1. The van der Waals surface area contributed by atoms with Crippen molar-refractivity contribution in [1.82, 2.24) is 14.7 Å². The second-order valence-electron chi connectivity index (χ2n) is 5.94. The molecule has 1 spiro atoms. The Kier molecular flexibility index (Phi) is 3.74. The lowest BCUT2D eigenvalue weighted by Crippen LogP contribution is -2.53. The molecular formula is C15H16F2N4OS. The number of rotatable bonds is 2. The van der Waals surface area contributed by atoms with Crippen LogP contribution in [0.5, 0.6) is 0 Å². The minimum Gasteiger partial charge on any atom is -0.370 e. The molecule has 0 aliphatic carbocycles. The number of morpholine rings is 1. The molecule has 0 bridgehead atoms. The van der Waals surface area contributed by atoms with Crippen LogP contribution in [0, 0.1) is 11.6 Å². The largest absolute Gasteiger partial charge is 0.370 e. The maximum absolute atomic E-state index is 13.3. The number of hydrogen-bond acceptors (Lipinski definition) is 6. The maximum Gasteiger partial charge on any atom is 0.205 e. The Balaban J connectivity index is 1.57. The molecule has 1 N–H and O–H groups in total. The molecule has 3 heterocycles. The van der Waals surface area contributed by atoms with Gasteiger partial charge in [0.15, 0.2) is 5.82 Å². The summed E-state index contributed by atoms with van der Waals surface area (Å²) in [5.74, 6) is -0.897. The van der Waals surface area contributed by atoms with E-state index in [-0.39, 0.29) is 5.60 Å². The monoisotopic (exact) mass is 338 g/mol. The van der Waals surface area contributed by atoms with Gasteiger partial charge in [0.05, 0.1) is 18.8 Å². The quantitative estimate of drug-likeness (QED) is 0.908. The van der Waals surface area contributed by atoms with Crippen LogP contribution in [0.2, 0.25) is 0 Å². The van der Waals surface area contributed by atoms with Crippen molar-refractivity contribution in [3.63, 3.8) is 0 Å². The molecule has 8 heteroatoms. The van der Waals surface area contributed by atoms with Crippen LogP contribution in [0.3, 0.4) is 0 Å². The zero-order valence-corrected chi connectivity index (χ0v) is 13.2. The van der Waals surface area contributed by atoms with Crippen molar-refractivity contribution >= 4 is 16.7 Å². The van der Waals surface area contributed by atoms with E-state index in [1.165, 1.54) is 23.7 Å². The van der Waals surface area contributed by atoms with Crippen LogP contribution < -0.4 is 10.2 Å². The molecule has 0 radical (unpaired) electrons. The van der Waals surface area contributed by atoms with E-state index in [2.05, 4.69) is 19.6 Å². The van der Waals surface area contributed by atoms with Crippen LogP contribution in [-0.2, 0) is 4.74 Å². The molecule has 2 saturated heterocycles. The Bertz CT molecular complexity index is 697. The van der Waals surface area contributed by atoms with Gasteiger partial charge in [-0.05, 0) is 25.1 Å². The number of nitrogens with zero attached hydrogens (tertiary/aromatic N) is 3. The van der Waals surface area contributed by atoms with Gasteiger partial charge in [-0.15, -0.1) is 0 Å². The number of benzene rings is 1. The van der Waals surface area contributed by atoms with Gasteiger partial charge < -0.3 is 15.0 Å². The SMILES string of the molecule is Fc1cc(F)cc(-c2nsc(N3CCOC4(CCNC4)C3)n2)c1. The molecule has 2 aliphatic heterocycles. The zero-order valence-electron chi connectivity index (χ0n) is 12.4. The summed E-state index contributed by atoms with van der Waals surface area (Å²) >= 11 is 1.25. The average molecular weight is 338 g/mol. The Hall–Kier alpha value is -1.64. The Morgan fingerprint density at radius 2 is 2.09 bits per heavy atom. The van der Waals surface area contributed by atoms with Crippen molar-refractivity contribution in [3.8, 4) is 11.4 Å². The second kappa shape index (κ2) is 5.77. The molecular weight excluding hydrogens is 322 g/mol. The number of nitrogens with one attached hydrogen (secondary N) is 1. The van der Waals surface area contributed by atoms with Crippen LogP contribution in [-0.4, -0.2) is 47.7 Å². The van der Waals surface area contributed by atoms with E-state index in [4.69, 9.17) is 4.74 Å². The van der Waals surface area contributed by atoms with Gasteiger partial charge in [0.25, 0.3) is 0 Å². The zero-order chi connectivity index (χ0) is 15.9.